The van der Waals surface area contributed by atoms with Gasteiger partial charge in [-0.25, -0.2) is 0 Å². The first-order valence-electron chi connectivity index (χ1n) is 6.94. The zero-order chi connectivity index (χ0) is 16.3. The van der Waals surface area contributed by atoms with Crippen molar-refractivity contribution in [3.05, 3.63) is 52.2 Å². The SMILES string of the molecule is Cc1cccn(CC(=O)NCC(C)(O)c2cnn(C)c2)c1=O. The number of carbonyl (C=O) groups is 1. The molecule has 22 heavy (non-hydrogen) atoms. The van der Waals surface area contributed by atoms with Gasteiger partial charge in [-0.3, -0.25) is 14.3 Å². The van der Waals surface area contributed by atoms with Crippen molar-refractivity contribution in [3.63, 3.8) is 0 Å². The highest BCUT2D eigenvalue weighted by molar-refractivity contribution is 5.75. The van der Waals surface area contributed by atoms with Gasteiger partial charge in [-0.05, 0) is 19.9 Å². The predicted octanol–water partition coefficient (Wildman–Crippen LogP) is -0.0859. The summed E-state index contributed by atoms with van der Waals surface area (Å²) < 4.78 is 2.92. The molecule has 7 nitrogen and oxygen atoms in total. The van der Waals surface area contributed by atoms with Crippen LogP contribution in [0.2, 0.25) is 0 Å². The van der Waals surface area contributed by atoms with E-state index >= 15 is 0 Å². The van der Waals surface area contributed by atoms with Gasteiger partial charge in [0.25, 0.3) is 5.56 Å². The van der Waals surface area contributed by atoms with E-state index in [0.717, 1.165) is 0 Å². The van der Waals surface area contributed by atoms with Gasteiger partial charge in [0, 0.05) is 30.6 Å². The minimum Gasteiger partial charge on any atom is -0.383 e. The minimum absolute atomic E-state index is 0.0398. The van der Waals surface area contributed by atoms with Crippen molar-refractivity contribution in [2.24, 2.45) is 7.05 Å². The van der Waals surface area contributed by atoms with E-state index in [1.165, 1.54) is 4.57 Å². The summed E-state index contributed by atoms with van der Waals surface area (Å²) in [5.41, 5.74) is -0.223. The lowest BCUT2D eigenvalue weighted by atomic mass is 10.00. The number of pyridine rings is 1. The molecule has 0 saturated carbocycles. The molecule has 0 aromatic carbocycles. The van der Waals surface area contributed by atoms with Crippen LogP contribution in [0.4, 0.5) is 0 Å². The fourth-order valence-electron chi connectivity index (χ4n) is 2.06. The van der Waals surface area contributed by atoms with Gasteiger partial charge in [-0.2, -0.15) is 5.10 Å². The van der Waals surface area contributed by atoms with Crippen molar-refractivity contribution in [3.8, 4) is 0 Å². The van der Waals surface area contributed by atoms with Crippen LogP contribution in [0.15, 0.2) is 35.5 Å². The average molecular weight is 304 g/mol. The molecule has 2 aromatic rings. The van der Waals surface area contributed by atoms with Crippen molar-refractivity contribution in [2.45, 2.75) is 26.0 Å². The number of aromatic nitrogens is 3. The van der Waals surface area contributed by atoms with Crippen LogP contribution in [0, 0.1) is 6.92 Å². The van der Waals surface area contributed by atoms with Gasteiger partial charge in [0.2, 0.25) is 5.91 Å². The number of hydrogen-bond acceptors (Lipinski definition) is 4. The van der Waals surface area contributed by atoms with Gasteiger partial charge in [0.05, 0.1) is 12.7 Å². The van der Waals surface area contributed by atoms with E-state index < -0.39 is 5.60 Å². The summed E-state index contributed by atoms with van der Waals surface area (Å²) in [5.74, 6) is -0.336. The maximum absolute atomic E-state index is 12.0. The standard InChI is InChI=1S/C15H20N4O3/c1-11-5-4-6-19(14(11)21)9-13(20)16-10-15(2,22)12-7-17-18(3)8-12/h4-8,22H,9-10H2,1-3H3,(H,16,20). The number of amides is 1. The molecular weight excluding hydrogens is 284 g/mol. The molecule has 2 heterocycles. The van der Waals surface area contributed by atoms with Crippen molar-refractivity contribution >= 4 is 5.91 Å². The second-order valence-electron chi connectivity index (χ2n) is 5.58. The molecule has 2 aromatic heterocycles. The summed E-state index contributed by atoms with van der Waals surface area (Å²) >= 11 is 0. The number of nitrogens with one attached hydrogen (secondary N) is 1. The molecule has 0 bridgehead atoms. The molecule has 0 fully saturated rings. The second-order valence-corrected chi connectivity index (χ2v) is 5.58. The van der Waals surface area contributed by atoms with Crippen LogP contribution in [0.25, 0.3) is 0 Å². The van der Waals surface area contributed by atoms with E-state index in [4.69, 9.17) is 0 Å². The number of carbonyl (C=O) groups excluding carboxylic acids is 1. The molecule has 1 amide bonds. The predicted molar refractivity (Wildman–Crippen MR) is 81.2 cm³/mol. The Morgan fingerprint density at radius 3 is 2.86 bits per heavy atom. The number of hydrogen-bond donors (Lipinski definition) is 2. The van der Waals surface area contributed by atoms with E-state index in [9.17, 15) is 14.7 Å². The van der Waals surface area contributed by atoms with Gasteiger partial charge >= 0.3 is 0 Å². The van der Waals surface area contributed by atoms with E-state index in [0.29, 0.717) is 11.1 Å². The monoisotopic (exact) mass is 304 g/mol. The maximum Gasteiger partial charge on any atom is 0.253 e. The molecule has 0 aliphatic carbocycles. The Bertz CT molecular complexity index is 730. The third kappa shape index (κ3) is 3.62. The molecule has 0 spiro atoms. The highest BCUT2D eigenvalue weighted by Crippen LogP contribution is 2.18. The molecule has 2 rings (SSSR count). The number of rotatable bonds is 5. The Morgan fingerprint density at radius 1 is 1.50 bits per heavy atom. The van der Waals surface area contributed by atoms with Crippen LogP contribution in [-0.4, -0.2) is 31.9 Å². The Morgan fingerprint density at radius 2 is 2.23 bits per heavy atom. The summed E-state index contributed by atoms with van der Waals surface area (Å²) in [6.45, 7) is 3.26. The van der Waals surface area contributed by atoms with Crippen molar-refractivity contribution in [1.82, 2.24) is 19.7 Å². The smallest absolute Gasteiger partial charge is 0.253 e. The fraction of sp³-hybridized carbons (Fsp3) is 0.400. The zero-order valence-electron chi connectivity index (χ0n) is 12.9. The Labute approximate surface area is 128 Å². The lowest BCUT2D eigenvalue weighted by Crippen LogP contribution is -2.41. The Hall–Kier alpha value is -2.41. The molecule has 1 atom stereocenters. The minimum atomic E-state index is -1.22. The Balaban J connectivity index is 1.98. The highest BCUT2D eigenvalue weighted by atomic mass is 16.3. The van der Waals surface area contributed by atoms with Crippen molar-refractivity contribution in [1.29, 1.82) is 0 Å². The first-order chi connectivity index (χ1) is 10.3. The number of nitrogens with zero attached hydrogens (tertiary/aromatic N) is 3. The third-order valence-electron chi connectivity index (χ3n) is 3.48. The summed E-state index contributed by atoms with van der Waals surface area (Å²) in [4.78, 5) is 23.8. The van der Waals surface area contributed by atoms with Crippen molar-refractivity contribution in [2.75, 3.05) is 6.54 Å². The summed E-state index contributed by atoms with van der Waals surface area (Å²) in [7, 11) is 1.75. The lowest BCUT2D eigenvalue weighted by molar-refractivity contribution is -0.122. The van der Waals surface area contributed by atoms with Crippen LogP contribution in [0.1, 0.15) is 18.1 Å². The van der Waals surface area contributed by atoms with Crippen LogP contribution < -0.4 is 10.9 Å². The summed E-state index contributed by atoms with van der Waals surface area (Å²) in [6.07, 6.45) is 4.81. The van der Waals surface area contributed by atoms with Gasteiger partial charge in [-0.15, -0.1) is 0 Å². The van der Waals surface area contributed by atoms with Crippen LogP contribution in [0.3, 0.4) is 0 Å². The highest BCUT2D eigenvalue weighted by Gasteiger charge is 2.25. The Kier molecular flexibility index (Phi) is 4.46. The third-order valence-corrected chi connectivity index (χ3v) is 3.48. The largest absolute Gasteiger partial charge is 0.383 e. The average Bonchev–Trinajstić information content (AvgIpc) is 2.89. The first-order valence-corrected chi connectivity index (χ1v) is 6.94. The van der Waals surface area contributed by atoms with Gasteiger partial charge < -0.3 is 15.0 Å². The van der Waals surface area contributed by atoms with E-state index in [-0.39, 0.29) is 24.6 Å². The summed E-state index contributed by atoms with van der Waals surface area (Å²) in [6, 6.07) is 3.42. The van der Waals surface area contributed by atoms with Crippen molar-refractivity contribution < 1.29 is 9.90 Å². The lowest BCUT2D eigenvalue weighted by Gasteiger charge is -2.22. The normalized spacial score (nSPS) is 13.6. The first kappa shape index (κ1) is 16.0. The topological polar surface area (TPSA) is 89.2 Å². The molecule has 1 unspecified atom stereocenters. The fourth-order valence-corrected chi connectivity index (χ4v) is 2.06. The quantitative estimate of drug-likeness (QED) is 0.808. The van der Waals surface area contributed by atoms with E-state index in [1.54, 1.807) is 56.3 Å². The molecule has 0 aliphatic heterocycles. The van der Waals surface area contributed by atoms with Crippen LogP contribution in [0.5, 0.6) is 0 Å². The van der Waals surface area contributed by atoms with Crippen LogP contribution in [-0.2, 0) is 24.0 Å². The molecule has 0 radical (unpaired) electrons. The maximum atomic E-state index is 12.0. The molecule has 118 valence electrons. The molecule has 0 aliphatic rings. The molecular formula is C15H20N4O3. The van der Waals surface area contributed by atoms with Gasteiger partial charge in [-0.1, -0.05) is 6.07 Å². The molecule has 0 saturated heterocycles. The van der Waals surface area contributed by atoms with E-state index in [1.807, 2.05) is 0 Å². The summed E-state index contributed by atoms with van der Waals surface area (Å²) in [5, 5.41) is 17.0. The van der Waals surface area contributed by atoms with Crippen LogP contribution >= 0.6 is 0 Å². The zero-order valence-corrected chi connectivity index (χ0v) is 12.9. The molecule has 2 N–H and O–H groups in total. The van der Waals surface area contributed by atoms with E-state index in [2.05, 4.69) is 10.4 Å². The second kappa shape index (κ2) is 6.15. The van der Waals surface area contributed by atoms with Gasteiger partial charge in [0.1, 0.15) is 12.1 Å². The number of aryl methyl sites for hydroxylation is 2. The molecule has 7 heteroatoms. The number of aliphatic hydroxyl groups is 1. The van der Waals surface area contributed by atoms with Gasteiger partial charge in [0.15, 0.2) is 0 Å².